The molecular formula is C13H20N2O2. The molecule has 0 aliphatic rings. The number of hydrogen-bond acceptors (Lipinski definition) is 3. The number of hydrogen-bond donors (Lipinski definition) is 2. The molecule has 1 rings (SSSR count). The van der Waals surface area contributed by atoms with Crippen LogP contribution in [0.25, 0.3) is 0 Å². The quantitative estimate of drug-likeness (QED) is 0.835. The molecule has 0 radical (unpaired) electrons. The molecule has 1 heterocycles. The summed E-state index contributed by atoms with van der Waals surface area (Å²) in [4.78, 5) is 15.9. The van der Waals surface area contributed by atoms with E-state index < -0.39 is 0 Å². The maximum atomic E-state index is 11.9. The van der Waals surface area contributed by atoms with Crippen molar-refractivity contribution >= 4 is 5.91 Å². The largest absolute Gasteiger partial charge is 0.396 e. The first-order valence-electron chi connectivity index (χ1n) is 5.78. The van der Waals surface area contributed by atoms with Gasteiger partial charge in [0.25, 0.3) is 5.91 Å². The highest BCUT2D eigenvalue weighted by Crippen LogP contribution is 2.21. The van der Waals surface area contributed by atoms with Gasteiger partial charge in [0, 0.05) is 18.8 Å². The van der Waals surface area contributed by atoms with Crippen molar-refractivity contribution in [2.45, 2.75) is 33.2 Å². The molecule has 4 heteroatoms. The van der Waals surface area contributed by atoms with Crippen molar-refractivity contribution in [2.75, 3.05) is 6.61 Å². The number of rotatable bonds is 4. The predicted molar refractivity (Wildman–Crippen MR) is 66.6 cm³/mol. The standard InChI is InChI=1S/C13H20N2O2/c1-13(2,3)11(7-9-16)15-12(17)10-6-4-5-8-14-10/h4-6,8,11,16H,7,9H2,1-3H3,(H,15,17). The average Bonchev–Trinajstić information content (AvgIpc) is 2.28. The zero-order valence-corrected chi connectivity index (χ0v) is 10.6. The van der Waals surface area contributed by atoms with Gasteiger partial charge >= 0.3 is 0 Å². The molecule has 0 saturated heterocycles. The number of pyridine rings is 1. The minimum Gasteiger partial charge on any atom is -0.396 e. The molecule has 0 bridgehead atoms. The third kappa shape index (κ3) is 4.15. The van der Waals surface area contributed by atoms with Gasteiger partial charge < -0.3 is 10.4 Å². The molecule has 0 aromatic carbocycles. The molecule has 2 N–H and O–H groups in total. The fourth-order valence-corrected chi connectivity index (χ4v) is 1.58. The van der Waals surface area contributed by atoms with Crippen molar-refractivity contribution < 1.29 is 9.90 Å². The zero-order chi connectivity index (χ0) is 12.9. The monoisotopic (exact) mass is 236 g/mol. The normalized spacial score (nSPS) is 13.2. The molecule has 4 nitrogen and oxygen atoms in total. The Morgan fingerprint density at radius 3 is 2.65 bits per heavy atom. The maximum absolute atomic E-state index is 11.9. The molecule has 1 unspecified atom stereocenters. The van der Waals surface area contributed by atoms with Crippen molar-refractivity contribution in [1.82, 2.24) is 10.3 Å². The van der Waals surface area contributed by atoms with Crippen molar-refractivity contribution in [3.05, 3.63) is 30.1 Å². The second-order valence-corrected chi connectivity index (χ2v) is 5.12. The van der Waals surface area contributed by atoms with Crippen molar-refractivity contribution in [3.63, 3.8) is 0 Å². The van der Waals surface area contributed by atoms with E-state index in [1.807, 2.05) is 20.8 Å². The van der Waals surface area contributed by atoms with Crippen LogP contribution in [0.5, 0.6) is 0 Å². The Labute approximate surface area is 102 Å². The SMILES string of the molecule is CC(C)(C)C(CCO)NC(=O)c1ccccn1. The number of amides is 1. The topological polar surface area (TPSA) is 62.2 Å². The van der Waals surface area contributed by atoms with Crippen LogP contribution in [0.4, 0.5) is 0 Å². The van der Waals surface area contributed by atoms with E-state index in [-0.39, 0.29) is 24.0 Å². The van der Waals surface area contributed by atoms with Gasteiger partial charge in [-0.2, -0.15) is 0 Å². The second-order valence-electron chi connectivity index (χ2n) is 5.12. The first-order chi connectivity index (χ1) is 7.95. The Bertz CT molecular complexity index is 357. The molecular weight excluding hydrogens is 216 g/mol. The van der Waals surface area contributed by atoms with Gasteiger partial charge in [-0.05, 0) is 24.0 Å². The van der Waals surface area contributed by atoms with Gasteiger partial charge in [0.1, 0.15) is 5.69 Å². The molecule has 0 fully saturated rings. The van der Waals surface area contributed by atoms with E-state index in [9.17, 15) is 4.79 Å². The number of carbonyl (C=O) groups excluding carboxylic acids is 1. The number of nitrogens with zero attached hydrogens (tertiary/aromatic N) is 1. The molecule has 1 aromatic rings. The van der Waals surface area contributed by atoms with E-state index in [1.54, 1.807) is 24.4 Å². The highest BCUT2D eigenvalue weighted by molar-refractivity contribution is 5.92. The summed E-state index contributed by atoms with van der Waals surface area (Å²) in [5.74, 6) is -0.195. The first kappa shape index (κ1) is 13.6. The minimum atomic E-state index is -0.195. The van der Waals surface area contributed by atoms with Crippen LogP contribution < -0.4 is 5.32 Å². The third-order valence-corrected chi connectivity index (χ3v) is 2.67. The Balaban J connectivity index is 2.71. The number of aliphatic hydroxyl groups excluding tert-OH is 1. The summed E-state index contributed by atoms with van der Waals surface area (Å²) in [5, 5.41) is 11.9. The molecule has 1 amide bonds. The number of carbonyl (C=O) groups is 1. The summed E-state index contributed by atoms with van der Waals surface area (Å²) in [6, 6.07) is 5.15. The maximum Gasteiger partial charge on any atom is 0.270 e. The fraction of sp³-hybridized carbons (Fsp3) is 0.538. The third-order valence-electron chi connectivity index (χ3n) is 2.67. The van der Waals surface area contributed by atoms with Crippen LogP contribution in [0, 0.1) is 5.41 Å². The van der Waals surface area contributed by atoms with Crippen molar-refractivity contribution in [3.8, 4) is 0 Å². The Hall–Kier alpha value is -1.42. The molecule has 1 atom stereocenters. The van der Waals surface area contributed by atoms with Crippen LogP contribution in [0.2, 0.25) is 0 Å². The van der Waals surface area contributed by atoms with E-state index >= 15 is 0 Å². The van der Waals surface area contributed by atoms with Gasteiger partial charge in [-0.15, -0.1) is 0 Å². The van der Waals surface area contributed by atoms with Gasteiger partial charge in [-0.1, -0.05) is 26.8 Å². The van der Waals surface area contributed by atoms with Crippen LogP contribution in [-0.2, 0) is 0 Å². The Morgan fingerprint density at radius 1 is 1.47 bits per heavy atom. The lowest BCUT2D eigenvalue weighted by atomic mass is 9.85. The van der Waals surface area contributed by atoms with E-state index in [0.29, 0.717) is 12.1 Å². The van der Waals surface area contributed by atoms with Gasteiger partial charge in [0.05, 0.1) is 0 Å². The van der Waals surface area contributed by atoms with Crippen LogP contribution in [-0.4, -0.2) is 28.6 Å². The molecule has 0 aliphatic carbocycles. The summed E-state index contributed by atoms with van der Waals surface area (Å²) in [6.07, 6.45) is 2.13. The molecule has 0 saturated carbocycles. The summed E-state index contributed by atoms with van der Waals surface area (Å²) < 4.78 is 0. The minimum absolute atomic E-state index is 0.0600. The fourth-order valence-electron chi connectivity index (χ4n) is 1.58. The van der Waals surface area contributed by atoms with Crippen LogP contribution >= 0.6 is 0 Å². The van der Waals surface area contributed by atoms with Crippen molar-refractivity contribution in [2.24, 2.45) is 5.41 Å². The van der Waals surface area contributed by atoms with Crippen LogP contribution in [0.15, 0.2) is 24.4 Å². The summed E-state index contributed by atoms with van der Waals surface area (Å²) >= 11 is 0. The van der Waals surface area contributed by atoms with Gasteiger partial charge in [0.2, 0.25) is 0 Å². The van der Waals surface area contributed by atoms with Gasteiger partial charge in [0.15, 0.2) is 0 Å². The van der Waals surface area contributed by atoms with E-state index in [1.165, 1.54) is 0 Å². The van der Waals surface area contributed by atoms with Crippen molar-refractivity contribution in [1.29, 1.82) is 0 Å². The number of aliphatic hydroxyl groups is 1. The lowest BCUT2D eigenvalue weighted by Gasteiger charge is -2.31. The molecule has 94 valence electrons. The lowest BCUT2D eigenvalue weighted by Crippen LogP contribution is -2.44. The zero-order valence-electron chi connectivity index (χ0n) is 10.6. The highest BCUT2D eigenvalue weighted by Gasteiger charge is 2.26. The number of nitrogens with one attached hydrogen (secondary N) is 1. The Kier molecular flexibility index (Phi) is 4.63. The predicted octanol–water partition coefficient (Wildman–Crippen LogP) is 1.61. The first-order valence-corrected chi connectivity index (χ1v) is 5.78. The smallest absolute Gasteiger partial charge is 0.270 e. The lowest BCUT2D eigenvalue weighted by molar-refractivity contribution is 0.0880. The molecule has 0 aliphatic heterocycles. The molecule has 1 aromatic heterocycles. The second kappa shape index (κ2) is 5.77. The summed E-state index contributed by atoms with van der Waals surface area (Å²) in [6.45, 7) is 6.16. The Morgan fingerprint density at radius 2 is 2.18 bits per heavy atom. The van der Waals surface area contributed by atoms with Crippen LogP contribution in [0.3, 0.4) is 0 Å². The molecule has 17 heavy (non-hydrogen) atoms. The molecule has 0 spiro atoms. The van der Waals surface area contributed by atoms with Crippen LogP contribution in [0.1, 0.15) is 37.7 Å². The van der Waals surface area contributed by atoms with E-state index in [2.05, 4.69) is 10.3 Å². The van der Waals surface area contributed by atoms with E-state index in [4.69, 9.17) is 5.11 Å². The highest BCUT2D eigenvalue weighted by atomic mass is 16.3. The summed E-state index contributed by atoms with van der Waals surface area (Å²) in [7, 11) is 0. The average molecular weight is 236 g/mol. The summed E-state index contributed by atoms with van der Waals surface area (Å²) in [5.41, 5.74) is 0.312. The van der Waals surface area contributed by atoms with Gasteiger partial charge in [-0.3, -0.25) is 9.78 Å². The number of aromatic nitrogens is 1. The van der Waals surface area contributed by atoms with Gasteiger partial charge in [-0.25, -0.2) is 0 Å². The van der Waals surface area contributed by atoms with E-state index in [0.717, 1.165) is 0 Å².